The fourth-order valence-electron chi connectivity index (χ4n) is 2.80. The van der Waals surface area contributed by atoms with E-state index in [9.17, 15) is 4.79 Å². The van der Waals surface area contributed by atoms with Crippen LogP contribution in [-0.2, 0) is 9.53 Å². The molecule has 0 N–H and O–H groups in total. The van der Waals surface area contributed by atoms with Crippen molar-refractivity contribution in [3.63, 3.8) is 0 Å². The van der Waals surface area contributed by atoms with Crippen LogP contribution >= 0.6 is 12.4 Å². The van der Waals surface area contributed by atoms with Crippen LogP contribution < -0.4 is 9.47 Å². The molecule has 0 aromatic heterocycles. The lowest BCUT2D eigenvalue weighted by Crippen LogP contribution is -2.39. The molecule has 6 heteroatoms. The molecule has 0 saturated carbocycles. The fraction of sp³-hybridized carbons (Fsp3) is 0.632. The number of likely N-dealkylation sites (tertiary alicyclic amines) is 1. The van der Waals surface area contributed by atoms with Crippen LogP contribution in [0, 0.1) is 5.92 Å². The molecule has 142 valence electrons. The predicted molar refractivity (Wildman–Crippen MR) is 101 cm³/mol. The second-order valence-electron chi connectivity index (χ2n) is 6.04. The molecule has 1 aliphatic heterocycles. The van der Waals surface area contributed by atoms with E-state index < -0.39 is 0 Å². The molecule has 1 aliphatic rings. The van der Waals surface area contributed by atoms with Crippen LogP contribution in [0.5, 0.6) is 11.5 Å². The summed E-state index contributed by atoms with van der Waals surface area (Å²) in [4.78, 5) is 14.1. The van der Waals surface area contributed by atoms with Crippen LogP contribution in [-0.4, -0.2) is 50.3 Å². The molecule has 25 heavy (non-hydrogen) atoms. The Balaban J connectivity index is 0.00000312. The average Bonchev–Trinajstić information content (AvgIpc) is 2.62. The highest BCUT2D eigenvalue weighted by Gasteiger charge is 2.25. The molecule has 0 bridgehead atoms. The largest absolute Gasteiger partial charge is 0.494 e. The molecule has 1 aromatic rings. The molecule has 1 saturated heterocycles. The third-order valence-electron chi connectivity index (χ3n) is 4.18. The van der Waals surface area contributed by atoms with E-state index in [4.69, 9.17) is 14.2 Å². The van der Waals surface area contributed by atoms with Gasteiger partial charge < -0.3 is 14.2 Å². The van der Waals surface area contributed by atoms with Gasteiger partial charge in [-0.3, -0.25) is 9.69 Å². The number of halogens is 1. The zero-order valence-corrected chi connectivity index (χ0v) is 16.1. The van der Waals surface area contributed by atoms with Gasteiger partial charge in [0.1, 0.15) is 18.1 Å². The summed E-state index contributed by atoms with van der Waals surface area (Å²) in [5.74, 6) is 1.77. The summed E-state index contributed by atoms with van der Waals surface area (Å²) in [6.07, 6.45) is 2.76. The Labute approximate surface area is 157 Å². The Hall–Kier alpha value is -1.46. The number of ether oxygens (including phenoxy) is 3. The van der Waals surface area contributed by atoms with E-state index in [-0.39, 0.29) is 24.3 Å². The van der Waals surface area contributed by atoms with Gasteiger partial charge in [-0.15, -0.1) is 12.4 Å². The summed E-state index contributed by atoms with van der Waals surface area (Å²) in [6, 6.07) is 7.77. The summed E-state index contributed by atoms with van der Waals surface area (Å²) < 4.78 is 16.4. The quantitative estimate of drug-likeness (QED) is 0.621. The van der Waals surface area contributed by atoms with E-state index in [1.54, 1.807) is 0 Å². The topological polar surface area (TPSA) is 48.0 Å². The Morgan fingerprint density at radius 2 is 1.60 bits per heavy atom. The lowest BCUT2D eigenvalue weighted by molar-refractivity contribution is -0.149. The normalized spacial score (nSPS) is 15.3. The number of carbonyl (C=O) groups is 1. The minimum atomic E-state index is -0.0428. The minimum Gasteiger partial charge on any atom is -0.494 e. The highest BCUT2D eigenvalue weighted by molar-refractivity contribution is 5.85. The molecule has 0 atom stereocenters. The predicted octanol–water partition coefficient (Wildman–Crippen LogP) is 3.55. The molecule has 0 unspecified atom stereocenters. The van der Waals surface area contributed by atoms with Gasteiger partial charge in [0.15, 0.2) is 0 Å². The maximum atomic E-state index is 11.7. The van der Waals surface area contributed by atoms with E-state index in [1.165, 1.54) is 0 Å². The van der Waals surface area contributed by atoms with Crippen molar-refractivity contribution in [2.24, 2.45) is 5.92 Å². The summed E-state index contributed by atoms with van der Waals surface area (Å²) in [7, 11) is 0. The van der Waals surface area contributed by atoms with Gasteiger partial charge in [0.05, 0.1) is 19.1 Å². The summed E-state index contributed by atoms with van der Waals surface area (Å²) >= 11 is 0. The lowest BCUT2D eigenvalue weighted by Gasteiger charge is -2.30. The van der Waals surface area contributed by atoms with Crippen LogP contribution in [0.3, 0.4) is 0 Å². The number of rotatable bonds is 9. The van der Waals surface area contributed by atoms with Crippen molar-refractivity contribution in [2.75, 3.05) is 39.5 Å². The zero-order valence-electron chi connectivity index (χ0n) is 15.2. The molecule has 0 amide bonds. The molecule has 0 spiro atoms. The van der Waals surface area contributed by atoms with E-state index in [0.29, 0.717) is 13.2 Å². The van der Waals surface area contributed by atoms with Crippen molar-refractivity contribution in [2.45, 2.75) is 33.1 Å². The van der Waals surface area contributed by atoms with Crippen LogP contribution in [0.2, 0.25) is 0 Å². The van der Waals surface area contributed by atoms with E-state index in [2.05, 4.69) is 11.8 Å². The maximum absolute atomic E-state index is 11.7. The Morgan fingerprint density at radius 3 is 2.12 bits per heavy atom. The van der Waals surface area contributed by atoms with E-state index >= 15 is 0 Å². The fourth-order valence-corrected chi connectivity index (χ4v) is 2.80. The molecule has 5 nitrogen and oxygen atoms in total. The van der Waals surface area contributed by atoms with Gasteiger partial charge in [-0.1, -0.05) is 6.92 Å². The van der Waals surface area contributed by atoms with E-state index in [0.717, 1.165) is 57.0 Å². The van der Waals surface area contributed by atoms with Crippen molar-refractivity contribution < 1.29 is 19.0 Å². The van der Waals surface area contributed by atoms with Gasteiger partial charge in [-0.05, 0) is 63.5 Å². The average molecular weight is 372 g/mol. The van der Waals surface area contributed by atoms with Crippen molar-refractivity contribution >= 4 is 18.4 Å². The smallest absolute Gasteiger partial charge is 0.309 e. The van der Waals surface area contributed by atoms with Gasteiger partial charge in [-0.2, -0.15) is 0 Å². The number of hydrogen-bond acceptors (Lipinski definition) is 5. The van der Waals surface area contributed by atoms with Gasteiger partial charge in [0, 0.05) is 6.54 Å². The van der Waals surface area contributed by atoms with Crippen molar-refractivity contribution in [1.29, 1.82) is 0 Å². The van der Waals surface area contributed by atoms with Crippen LogP contribution in [0.4, 0.5) is 0 Å². The minimum absolute atomic E-state index is 0. The summed E-state index contributed by atoms with van der Waals surface area (Å²) in [5, 5.41) is 0. The van der Waals surface area contributed by atoms with Crippen LogP contribution in [0.1, 0.15) is 33.1 Å². The maximum Gasteiger partial charge on any atom is 0.309 e. The summed E-state index contributed by atoms with van der Waals surface area (Å²) in [6.45, 7) is 8.53. The molecule has 1 aromatic carbocycles. The van der Waals surface area contributed by atoms with Gasteiger partial charge in [-0.25, -0.2) is 0 Å². The molecule has 0 radical (unpaired) electrons. The molecule has 1 heterocycles. The number of carbonyl (C=O) groups excluding carboxylic acids is 1. The van der Waals surface area contributed by atoms with E-state index in [1.807, 2.05) is 31.2 Å². The zero-order chi connectivity index (χ0) is 17.2. The number of benzene rings is 1. The number of piperidine rings is 1. The first-order chi connectivity index (χ1) is 11.7. The first kappa shape index (κ1) is 21.6. The van der Waals surface area contributed by atoms with Crippen LogP contribution in [0.25, 0.3) is 0 Å². The van der Waals surface area contributed by atoms with Crippen molar-refractivity contribution in [3.05, 3.63) is 24.3 Å². The van der Waals surface area contributed by atoms with Crippen LogP contribution in [0.15, 0.2) is 24.3 Å². The second-order valence-corrected chi connectivity index (χ2v) is 6.04. The second kappa shape index (κ2) is 12.0. The number of hydrogen-bond donors (Lipinski definition) is 0. The van der Waals surface area contributed by atoms with Gasteiger partial charge in [0.2, 0.25) is 0 Å². The SMILES string of the molecule is CCCOc1ccc(OCCN2CCC(C(=O)OCC)CC2)cc1.Cl. The Kier molecular flexibility index (Phi) is 10.3. The monoisotopic (exact) mass is 371 g/mol. The first-order valence-corrected chi connectivity index (χ1v) is 8.97. The third kappa shape index (κ3) is 7.53. The highest BCUT2D eigenvalue weighted by Crippen LogP contribution is 2.20. The first-order valence-electron chi connectivity index (χ1n) is 8.97. The Bertz CT molecular complexity index is 487. The molecule has 0 aliphatic carbocycles. The molecule has 2 rings (SSSR count). The highest BCUT2D eigenvalue weighted by atomic mass is 35.5. The van der Waals surface area contributed by atoms with Gasteiger partial charge >= 0.3 is 5.97 Å². The Morgan fingerprint density at radius 1 is 1.04 bits per heavy atom. The van der Waals surface area contributed by atoms with Gasteiger partial charge in [0.25, 0.3) is 0 Å². The number of nitrogens with zero attached hydrogens (tertiary/aromatic N) is 1. The molecular weight excluding hydrogens is 342 g/mol. The number of esters is 1. The summed E-state index contributed by atoms with van der Waals surface area (Å²) in [5.41, 5.74) is 0. The standard InChI is InChI=1S/C19H29NO4.ClH/c1-3-14-23-17-5-7-18(8-6-17)24-15-13-20-11-9-16(10-12-20)19(21)22-4-2;/h5-8,16H,3-4,9-15H2,1-2H3;1H. The third-order valence-corrected chi connectivity index (χ3v) is 4.18. The van der Waals surface area contributed by atoms with Crippen molar-refractivity contribution in [3.8, 4) is 11.5 Å². The molecule has 1 fully saturated rings. The molecular formula is C19H30ClNO4. The lowest BCUT2D eigenvalue weighted by atomic mass is 9.97. The van der Waals surface area contributed by atoms with Crippen molar-refractivity contribution in [1.82, 2.24) is 4.90 Å².